The molecule has 4 rings (SSSR count). The van der Waals surface area contributed by atoms with Crippen LogP contribution in [-0.4, -0.2) is 35.8 Å². The van der Waals surface area contributed by atoms with Crippen LogP contribution in [0.5, 0.6) is 0 Å². The standard InChI is InChI=1S/C23H18BrNO5S/c1-29-21(26)17-12-25-13-18(14-6-4-3-5-7-14)31-23(28,15-8-10-16(24)11-9-15)20(25)19(17)22(27)30-2/h3-13,28H,1-2H3. The Morgan fingerprint density at radius 3 is 2.26 bits per heavy atom. The summed E-state index contributed by atoms with van der Waals surface area (Å²) < 4.78 is 12.3. The third-order valence-electron chi connectivity index (χ3n) is 4.96. The lowest BCUT2D eigenvalue weighted by molar-refractivity contribution is 0.0551. The van der Waals surface area contributed by atoms with E-state index in [2.05, 4.69) is 15.9 Å². The van der Waals surface area contributed by atoms with Crippen LogP contribution in [0.15, 0.2) is 65.3 Å². The maximum atomic E-state index is 12.7. The van der Waals surface area contributed by atoms with Crippen LogP contribution < -0.4 is 0 Å². The lowest BCUT2D eigenvalue weighted by atomic mass is 10.00. The number of hydrogen-bond acceptors (Lipinski definition) is 6. The number of aliphatic hydroxyl groups is 1. The average molecular weight is 500 g/mol. The number of benzene rings is 2. The number of rotatable bonds is 4. The SMILES string of the molecule is COC(=O)c1cn2c(c1C(=O)OC)C(O)(c1ccc(Br)cc1)SC(c1ccccc1)=C2. The molecule has 0 fully saturated rings. The van der Waals surface area contributed by atoms with Crippen molar-refractivity contribution >= 4 is 50.7 Å². The second-order valence-corrected chi connectivity index (χ2v) is 8.92. The normalized spacial score (nSPS) is 17.5. The summed E-state index contributed by atoms with van der Waals surface area (Å²) in [5.41, 5.74) is 1.65. The van der Waals surface area contributed by atoms with Crippen LogP contribution in [0.1, 0.15) is 37.5 Å². The molecule has 2 aromatic carbocycles. The Morgan fingerprint density at radius 2 is 1.65 bits per heavy atom. The molecule has 1 N–H and O–H groups in total. The second kappa shape index (κ2) is 8.37. The van der Waals surface area contributed by atoms with Gasteiger partial charge in [-0.2, -0.15) is 0 Å². The molecule has 1 atom stereocenters. The van der Waals surface area contributed by atoms with Gasteiger partial charge in [0, 0.05) is 27.3 Å². The number of aromatic nitrogens is 1. The number of hydrogen-bond donors (Lipinski definition) is 1. The van der Waals surface area contributed by atoms with Gasteiger partial charge in [0.05, 0.1) is 31.0 Å². The highest BCUT2D eigenvalue weighted by Crippen LogP contribution is 2.52. The number of nitrogens with zero attached hydrogens (tertiary/aromatic N) is 1. The van der Waals surface area contributed by atoms with Gasteiger partial charge in [-0.25, -0.2) is 9.59 Å². The van der Waals surface area contributed by atoms with Crippen molar-refractivity contribution in [1.82, 2.24) is 4.57 Å². The fraction of sp³-hybridized carbons (Fsp3) is 0.130. The molecule has 1 unspecified atom stereocenters. The first-order valence-electron chi connectivity index (χ1n) is 9.25. The van der Waals surface area contributed by atoms with Crippen molar-refractivity contribution in [3.05, 3.63) is 93.2 Å². The number of esters is 2. The first kappa shape index (κ1) is 21.4. The highest BCUT2D eigenvalue weighted by atomic mass is 79.9. The van der Waals surface area contributed by atoms with Gasteiger partial charge in [0.25, 0.3) is 0 Å². The molecule has 0 saturated heterocycles. The summed E-state index contributed by atoms with van der Waals surface area (Å²) in [5.74, 6) is -1.43. The topological polar surface area (TPSA) is 77.8 Å². The van der Waals surface area contributed by atoms with E-state index in [0.29, 0.717) is 5.56 Å². The minimum atomic E-state index is -1.67. The van der Waals surface area contributed by atoms with E-state index in [1.807, 2.05) is 30.3 Å². The molecule has 31 heavy (non-hydrogen) atoms. The van der Waals surface area contributed by atoms with E-state index in [4.69, 9.17) is 9.47 Å². The number of methoxy groups -OCH3 is 2. The molecule has 6 nitrogen and oxygen atoms in total. The smallest absolute Gasteiger partial charge is 0.340 e. The lowest BCUT2D eigenvalue weighted by Gasteiger charge is -2.34. The Labute approximate surface area is 191 Å². The van der Waals surface area contributed by atoms with Gasteiger partial charge in [0.15, 0.2) is 4.93 Å². The van der Waals surface area contributed by atoms with Crippen molar-refractivity contribution in [2.75, 3.05) is 14.2 Å². The minimum absolute atomic E-state index is 0.0195. The fourth-order valence-electron chi connectivity index (χ4n) is 3.51. The molecule has 0 radical (unpaired) electrons. The highest BCUT2D eigenvalue weighted by molar-refractivity contribution is 9.10. The van der Waals surface area contributed by atoms with Crippen molar-refractivity contribution in [3.8, 4) is 0 Å². The molecule has 3 aromatic rings. The molecule has 0 aliphatic carbocycles. The summed E-state index contributed by atoms with van der Waals surface area (Å²) in [6.45, 7) is 0. The van der Waals surface area contributed by atoms with Crippen LogP contribution in [0, 0.1) is 0 Å². The molecule has 0 saturated carbocycles. The number of carbonyl (C=O) groups is 2. The molecular formula is C23H18BrNO5S. The van der Waals surface area contributed by atoms with E-state index in [9.17, 15) is 14.7 Å². The molecule has 1 aromatic heterocycles. The van der Waals surface area contributed by atoms with Gasteiger partial charge in [-0.1, -0.05) is 70.2 Å². The zero-order valence-corrected chi connectivity index (χ0v) is 19.1. The quantitative estimate of drug-likeness (QED) is 0.523. The summed E-state index contributed by atoms with van der Waals surface area (Å²) in [4.78, 5) is 24.3. The Morgan fingerprint density at radius 1 is 1.00 bits per heavy atom. The van der Waals surface area contributed by atoms with Crippen molar-refractivity contribution in [3.63, 3.8) is 0 Å². The molecule has 8 heteroatoms. The van der Waals surface area contributed by atoms with Crippen LogP contribution in [0.4, 0.5) is 0 Å². The number of ether oxygens (including phenoxy) is 2. The van der Waals surface area contributed by atoms with Crippen LogP contribution >= 0.6 is 27.7 Å². The summed E-state index contributed by atoms with van der Waals surface area (Å²) in [5, 5.41) is 12.0. The Balaban J connectivity index is 2.03. The summed E-state index contributed by atoms with van der Waals surface area (Å²) in [6.07, 6.45) is 3.27. The molecular weight excluding hydrogens is 482 g/mol. The predicted octanol–water partition coefficient (Wildman–Crippen LogP) is 4.72. The zero-order chi connectivity index (χ0) is 22.2. The van der Waals surface area contributed by atoms with E-state index in [1.54, 1.807) is 35.0 Å². The van der Waals surface area contributed by atoms with Crippen molar-refractivity contribution in [2.45, 2.75) is 4.93 Å². The lowest BCUT2D eigenvalue weighted by Crippen LogP contribution is -2.30. The Kier molecular flexibility index (Phi) is 5.79. The number of thioether (sulfide) groups is 1. The highest BCUT2D eigenvalue weighted by Gasteiger charge is 2.45. The average Bonchev–Trinajstić information content (AvgIpc) is 3.19. The third kappa shape index (κ3) is 3.71. The molecule has 158 valence electrons. The van der Waals surface area contributed by atoms with Gasteiger partial charge in [-0.3, -0.25) is 0 Å². The van der Waals surface area contributed by atoms with Crippen molar-refractivity contribution in [2.24, 2.45) is 0 Å². The van der Waals surface area contributed by atoms with Gasteiger partial charge in [-0.15, -0.1) is 0 Å². The number of carbonyl (C=O) groups excluding carboxylic acids is 2. The largest absolute Gasteiger partial charge is 0.465 e. The van der Waals surface area contributed by atoms with Crippen LogP contribution in [0.25, 0.3) is 11.1 Å². The van der Waals surface area contributed by atoms with Crippen molar-refractivity contribution < 1.29 is 24.2 Å². The summed E-state index contributed by atoms with van der Waals surface area (Å²) in [7, 11) is 2.47. The van der Waals surface area contributed by atoms with Gasteiger partial charge >= 0.3 is 11.9 Å². The van der Waals surface area contributed by atoms with Crippen LogP contribution in [-0.2, 0) is 14.4 Å². The van der Waals surface area contributed by atoms with Gasteiger partial charge in [-0.05, 0) is 17.7 Å². The number of fused-ring (bicyclic) bond motifs is 1. The maximum absolute atomic E-state index is 12.7. The first-order chi connectivity index (χ1) is 14.9. The van der Waals surface area contributed by atoms with Gasteiger partial charge in [0.1, 0.15) is 0 Å². The van der Waals surface area contributed by atoms with E-state index in [-0.39, 0.29) is 16.8 Å². The Hall–Kier alpha value is -2.81. The Bertz CT molecular complexity index is 1190. The van der Waals surface area contributed by atoms with Crippen LogP contribution in [0.3, 0.4) is 0 Å². The predicted molar refractivity (Wildman–Crippen MR) is 122 cm³/mol. The fourth-order valence-corrected chi connectivity index (χ4v) is 5.07. The molecule has 0 amide bonds. The van der Waals surface area contributed by atoms with E-state index < -0.39 is 16.9 Å². The summed E-state index contributed by atoms with van der Waals surface area (Å²) in [6, 6.07) is 16.7. The molecule has 0 bridgehead atoms. The molecule has 2 heterocycles. The van der Waals surface area contributed by atoms with Gasteiger partial charge in [0.2, 0.25) is 0 Å². The zero-order valence-electron chi connectivity index (χ0n) is 16.7. The number of halogens is 1. The molecule has 1 aliphatic rings. The van der Waals surface area contributed by atoms with E-state index in [1.165, 1.54) is 32.2 Å². The van der Waals surface area contributed by atoms with Crippen molar-refractivity contribution in [1.29, 1.82) is 0 Å². The van der Waals surface area contributed by atoms with E-state index >= 15 is 0 Å². The molecule has 1 aliphatic heterocycles. The molecule has 0 spiro atoms. The third-order valence-corrected chi connectivity index (χ3v) is 6.77. The first-order valence-corrected chi connectivity index (χ1v) is 10.9. The minimum Gasteiger partial charge on any atom is -0.465 e. The van der Waals surface area contributed by atoms with Crippen LogP contribution in [0.2, 0.25) is 0 Å². The maximum Gasteiger partial charge on any atom is 0.340 e. The van der Waals surface area contributed by atoms with Gasteiger partial charge < -0.3 is 19.1 Å². The van der Waals surface area contributed by atoms with E-state index in [0.717, 1.165) is 14.9 Å². The summed E-state index contributed by atoms with van der Waals surface area (Å²) >= 11 is 4.59. The monoisotopic (exact) mass is 499 g/mol. The second-order valence-electron chi connectivity index (χ2n) is 6.77.